The average molecular weight is 756 g/mol. The monoisotopic (exact) mass is 754 g/mol. The molecule has 0 saturated carbocycles. The Bertz CT molecular complexity index is 1720. The van der Waals surface area contributed by atoms with E-state index in [1.807, 2.05) is 0 Å². The van der Waals surface area contributed by atoms with Gasteiger partial charge in [0.1, 0.15) is 0 Å². The molecule has 2 unspecified atom stereocenters. The van der Waals surface area contributed by atoms with Crippen molar-refractivity contribution in [1.82, 2.24) is 0 Å². The molecule has 0 heterocycles. The number of aryl methyl sites for hydroxylation is 2. The number of unbranched alkanes of at least 4 members (excludes halogenated alkanes) is 2. The Morgan fingerprint density at radius 1 is 0.520 bits per heavy atom. The fourth-order valence-electron chi connectivity index (χ4n) is 6.76. The first-order valence-electron chi connectivity index (χ1n) is 19.0. The summed E-state index contributed by atoms with van der Waals surface area (Å²) in [7, 11) is 1.08. The zero-order valence-electron chi connectivity index (χ0n) is 32.2. The molecule has 0 aliphatic heterocycles. The molecule has 0 N–H and O–H groups in total. The molecule has 2 heteroatoms. The standard InChI is InChI=1S/2C23H27.C2H6Si.Zr/c2*1-4-6-10-18-11-7-8-13-21(18)22-14-9-12-19-15-20(16-23(19)22)17(3)5-2;1-3-2;/h2*7-9,11-17H,4-6,10H2,1-3H3;1-2H3;/q2*-1;;+2. The fourth-order valence-corrected chi connectivity index (χ4v) is 6.76. The van der Waals surface area contributed by atoms with Crippen LogP contribution in [0.4, 0.5) is 0 Å². The SMILES string of the molecule is CCCCc1ccccc1-c1cccc2[cH-]c(C(C)CC)cc12.CCCCc1ccccc1-c1cccc2[cH-]c(C(C)CC)cc12.C[Si]C.[Zr+2]. The molecule has 0 saturated heterocycles. The van der Waals surface area contributed by atoms with Crippen molar-refractivity contribution in [2.24, 2.45) is 0 Å². The number of fused-ring (bicyclic) bond motifs is 2. The van der Waals surface area contributed by atoms with E-state index in [9.17, 15) is 0 Å². The molecule has 0 amide bonds. The van der Waals surface area contributed by atoms with Crippen molar-refractivity contribution in [1.29, 1.82) is 0 Å². The van der Waals surface area contributed by atoms with Gasteiger partial charge in [0.2, 0.25) is 0 Å². The zero-order chi connectivity index (χ0) is 35.2. The maximum atomic E-state index is 2.41. The molecule has 50 heavy (non-hydrogen) atoms. The average Bonchev–Trinajstić information content (AvgIpc) is 3.79. The molecular weight excluding hydrogens is 696 g/mol. The topological polar surface area (TPSA) is 0 Å². The summed E-state index contributed by atoms with van der Waals surface area (Å²) in [6.07, 6.45) is 9.72. The first-order valence-corrected chi connectivity index (χ1v) is 21.0. The van der Waals surface area contributed by atoms with Crippen LogP contribution in [0.15, 0.2) is 109 Å². The van der Waals surface area contributed by atoms with Gasteiger partial charge in [0.25, 0.3) is 0 Å². The quantitative estimate of drug-likeness (QED) is 0.0862. The molecule has 2 radical (unpaired) electrons. The number of hydrogen-bond acceptors (Lipinski definition) is 0. The van der Waals surface area contributed by atoms with E-state index < -0.39 is 0 Å². The Morgan fingerprint density at radius 3 is 1.24 bits per heavy atom. The van der Waals surface area contributed by atoms with Crippen molar-refractivity contribution in [3.63, 3.8) is 0 Å². The summed E-state index contributed by atoms with van der Waals surface area (Å²) < 4.78 is 0. The molecule has 0 nitrogen and oxygen atoms in total. The Hall–Kier alpha value is -2.80. The van der Waals surface area contributed by atoms with Crippen LogP contribution in [-0.4, -0.2) is 9.52 Å². The summed E-state index contributed by atoms with van der Waals surface area (Å²) in [5, 5.41) is 5.57. The second-order valence-corrected chi connectivity index (χ2v) is 14.8. The third-order valence-electron chi connectivity index (χ3n) is 10.1. The van der Waals surface area contributed by atoms with Gasteiger partial charge in [-0.25, -0.2) is 0 Å². The molecule has 6 rings (SSSR count). The van der Waals surface area contributed by atoms with Crippen LogP contribution in [0.5, 0.6) is 0 Å². The summed E-state index contributed by atoms with van der Waals surface area (Å²) in [5.41, 5.74) is 11.5. The minimum Gasteiger partial charge on any atom is -0.164 e. The molecule has 6 aromatic carbocycles. The maximum Gasteiger partial charge on any atom is 2.00 e. The van der Waals surface area contributed by atoms with E-state index in [1.54, 1.807) is 0 Å². The molecule has 0 fully saturated rings. The van der Waals surface area contributed by atoms with Gasteiger partial charge >= 0.3 is 26.2 Å². The third kappa shape index (κ3) is 10.6. The van der Waals surface area contributed by atoms with E-state index in [1.165, 1.54) is 117 Å². The van der Waals surface area contributed by atoms with Crippen LogP contribution in [0, 0.1) is 0 Å². The minimum absolute atomic E-state index is 0. The van der Waals surface area contributed by atoms with Crippen LogP contribution in [0.25, 0.3) is 43.8 Å². The minimum atomic E-state index is 0. The maximum absolute atomic E-state index is 2.41. The van der Waals surface area contributed by atoms with Crippen LogP contribution < -0.4 is 0 Å². The molecular formula is C48H60SiZr. The Morgan fingerprint density at radius 2 is 0.880 bits per heavy atom. The summed E-state index contributed by atoms with van der Waals surface area (Å²) in [6.45, 7) is 18.0. The summed E-state index contributed by atoms with van der Waals surface area (Å²) in [6, 6.07) is 40.9. The Balaban J connectivity index is 0.000000246. The van der Waals surface area contributed by atoms with E-state index in [0.29, 0.717) is 11.8 Å². The van der Waals surface area contributed by atoms with Crippen molar-refractivity contribution in [3.8, 4) is 22.3 Å². The zero-order valence-corrected chi connectivity index (χ0v) is 35.7. The van der Waals surface area contributed by atoms with E-state index in [4.69, 9.17) is 0 Å². The number of rotatable bonds is 12. The Kier molecular flexibility index (Phi) is 17.9. The first kappa shape index (κ1) is 41.6. The van der Waals surface area contributed by atoms with Gasteiger partial charge in [-0.15, -0.1) is 69.1 Å². The largest absolute Gasteiger partial charge is 2.00 e. The van der Waals surface area contributed by atoms with E-state index in [-0.39, 0.29) is 26.2 Å². The van der Waals surface area contributed by atoms with Gasteiger partial charge in [-0.2, -0.15) is 12.1 Å². The van der Waals surface area contributed by atoms with Crippen LogP contribution in [-0.2, 0) is 39.0 Å². The van der Waals surface area contributed by atoms with Gasteiger partial charge in [-0.3, -0.25) is 0 Å². The predicted molar refractivity (Wildman–Crippen MR) is 222 cm³/mol. The molecule has 6 aromatic rings. The van der Waals surface area contributed by atoms with Crippen molar-refractivity contribution in [3.05, 3.63) is 131 Å². The second kappa shape index (κ2) is 21.5. The normalized spacial score (nSPS) is 12.0. The first-order chi connectivity index (χ1) is 23.9. The number of benzene rings is 4. The number of hydrogen-bond donors (Lipinski definition) is 0. The summed E-state index contributed by atoms with van der Waals surface area (Å²) in [5.74, 6) is 1.26. The van der Waals surface area contributed by atoms with Gasteiger partial charge in [0.05, 0.1) is 0 Å². The summed E-state index contributed by atoms with van der Waals surface area (Å²) in [4.78, 5) is 0. The predicted octanol–water partition coefficient (Wildman–Crippen LogP) is 14.9. The third-order valence-corrected chi connectivity index (χ3v) is 10.1. The molecule has 0 bridgehead atoms. The van der Waals surface area contributed by atoms with Gasteiger partial charge in [0.15, 0.2) is 0 Å². The fraction of sp³-hybridized carbons (Fsp3) is 0.375. The van der Waals surface area contributed by atoms with E-state index in [0.717, 1.165) is 9.52 Å². The van der Waals surface area contributed by atoms with Gasteiger partial charge in [-0.05, 0) is 59.8 Å². The van der Waals surface area contributed by atoms with E-state index in [2.05, 4.69) is 164 Å². The van der Waals surface area contributed by atoms with Crippen molar-refractivity contribution in [2.45, 2.75) is 118 Å². The smallest absolute Gasteiger partial charge is 0.164 e. The van der Waals surface area contributed by atoms with E-state index >= 15 is 0 Å². The van der Waals surface area contributed by atoms with Gasteiger partial charge in [0, 0.05) is 9.52 Å². The van der Waals surface area contributed by atoms with Gasteiger partial charge < -0.3 is 0 Å². The Labute approximate surface area is 326 Å². The molecule has 2 atom stereocenters. The molecule has 0 aromatic heterocycles. The van der Waals surface area contributed by atoms with Crippen molar-refractivity contribution >= 4 is 31.1 Å². The van der Waals surface area contributed by atoms with Crippen LogP contribution in [0.2, 0.25) is 13.1 Å². The molecule has 0 aliphatic carbocycles. The molecule has 260 valence electrons. The van der Waals surface area contributed by atoms with Crippen LogP contribution in [0.3, 0.4) is 0 Å². The second-order valence-electron chi connectivity index (χ2n) is 13.8. The van der Waals surface area contributed by atoms with Gasteiger partial charge in [-0.1, -0.05) is 152 Å². The van der Waals surface area contributed by atoms with Crippen molar-refractivity contribution in [2.75, 3.05) is 0 Å². The summed E-state index contributed by atoms with van der Waals surface area (Å²) >= 11 is 0. The van der Waals surface area contributed by atoms with Crippen molar-refractivity contribution < 1.29 is 26.2 Å². The molecule has 0 spiro atoms. The van der Waals surface area contributed by atoms with Crippen LogP contribution in [0.1, 0.15) is 114 Å². The van der Waals surface area contributed by atoms with Crippen LogP contribution >= 0.6 is 0 Å². The molecule has 0 aliphatic rings.